The highest BCUT2D eigenvalue weighted by atomic mass is 35.5. The Morgan fingerprint density at radius 1 is 1.13 bits per heavy atom. The highest BCUT2D eigenvalue weighted by molar-refractivity contribution is 7.89. The van der Waals surface area contributed by atoms with Crippen LogP contribution >= 0.6 is 11.6 Å². The van der Waals surface area contributed by atoms with Crippen molar-refractivity contribution in [3.8, 4) is 0 Å². The standard InChI is InChI=1S/C22H27ClFN3O3S/c1-3-16(2)25-31(29,30)18-9-7-17(8-10-18)22(28)27-13-11-26(12-14-27)15-19-20(23)5-4-6-21(19)24/h4-10,16,25H,3,11-15H2,1-2H3. The number of halogens is 2. The number of hydrogen-bond acceptors (Lipinski definition) is 4. The molecule has 1 N–H and O–H groups in total. The summed E-state index contributed by atoms with van der Waals surface area (Å²) < 4.78 is 41.4. The van der Waals surface area contributed by atoms with Crippen molar-refractivity contribution in [2.24, 2.45) is 0 Å². The molecule has 1 unspecified atom stereocenters. The summed E-state index contributed by atoms with van der Waals surface area (Å²) in [7, 11) is -3.61. The molecule has 9 heteroatoms. The van der Waals surface area contributed by atoms with Crippen molar-refractivity contribution in [2.75, 3.05) is 26.2 Å². The van der Waals surface area contributed by atoms with Crippen LogP contribution in [0.2, 0.25) is 5.02 Å². The molecule has 1 amide bonds. The third-order valence-corrected chi connectivity index (χ3v) is 7.44. The van der Waals surface area contributed by atoms with Crippen LogP contribution in [0.1, 0.15) is 36.2 Å². The molecule has 0 radical (unpaired) electrons. The summed E-state index contributed by atoms with van der Waals surface area (Å²) in [6.45, 7) is 6.29. The Morgan fingerprint density at radius 2 is 1.77 bits per heavy atom. The number of sulfonamides is 1. The fraction of sp³-hybridized carbons (Fsp3) is 0.409. The minimum atomic E-state index is -3.61. The molecule has 0 aromatic heterocycles. The molecule has 6 nitrogen and oxygen atoms in total. The zero-order valence-corrected chi connectivity index (χ0v) is 19.2. The molecule has 31 heavy (non-hydrogen) atoms. The highest BCUT2D eigenvalue weighted by Crippen LogP contribution is 2.22. The van der Waals surface area contributed by atoms with Crippen LogP contribution < -0.4 is 4.72 Å². The molecule has 0 spiro atoms. The number of nitrogens with zero attached hydrogens (tertiary/aromatic N) is 2. The normalized spacial score (nSPS) is 16.3. The monoisotopic (exact) mass is 467 g/mol. The molecule has 1 atom stereocenters. The summed E-state index contributed by atoms with van der Waals surface area (Å²) in [6, 6.07) is 10.5. The second-order valence-electron chi connectivity index (χ2n) is 7.72. The lowest BCUT2D eigenvalue weighted by molar-refractivity contribution is 0.0627. The van der Waals surface area contributed by atoms with Crippen LogP contribution in [0.25, 0.3) is 0 Å². The van der Waals surface area contributed by atoms with Gasteiger partial charge in [0.1, 0.15) is 5.82 Å². The number of rotatable bonds is 7. The Balaban J connectivity index is 1.59. The van der Waals surface area contributed by atoms with Crippen molar-refractivity contribution in [2.45, 2.75) is 37.8 Å². The SMILES string of the molecule is CCC(C)NS(=O)(=O)c1ccc(C(=O)N2CCN(Cc3c(F)cccc3Cl)CC2)cc1. The first-order valence-corrected chi connectivity index (χ1v) is 12.1. The van der Waals surface area contributed by atoms with E-state index in [1.165, 1.54) is 18.2 Å². The predicted molar refractivity (Wildman–Crippen MR) is 119 cm³/mol. The van der Waals surface area contributed by atoms with Crippen LogP contribution in [0.4, 0.5) is 4.39 Å². The average molecular weight is 468 g/mol. The van der Waals surface area contributed by atoms with Gasteiger partial charge in [0.15, 0.2) is 0 Å². The van der Waals surface area contributed by atoms with Crippen molar-refractivity contribution in [1.82, 2.24) is 14.5 Å². The maximum atomic E-state index is 14.0. The Kier molecular flexibility index (Phi) is 7.69. The molecule has 0 aliphatic carbocycles. The van der Waals surface area contributed by atoms with Gasteiger partial charge in [-0.15, -0.1) is 0 Å². The maximum Gasteiger partial charge on any atom is 0.253 e. The lowest BCUT2D eigenvalue weighted by Gasteiger charge is -2.35. The molecule has 1 aliphatic rings. The molecular weight excluding hydrogens is 441 g/mol. The second-order valence-corrected chi connectivity index (χ2v) is 9.84. The number of amides is 1. The maximum absolute atomic E-state index is 14.0. The predicted octanol–water partition coefficient (Wildman–Crippen LogP) is 3.51. The molecule has 3 rings (SSSR count). The fourth-order valence-corrected chi connectivity index (χ4v) is 4.94. The Labute approximate surface area is 188 Å². The van der Waals surface area contributed by atoms with Crippen LogP contribution in [-0.4, -0.2) is 56.3 Å². The van der Waals surface area contributed by atoms with Gasteiger partial charge in [0.05, 0.1) is 4.90 Å². The van der Waals surface area contributed by atoms with Gasteiger partial charge in [-0.1, -0.05) is 24.6 Å². The number of piperazine rings is 1. The zero-order chi connectivity index (χ0) is 22.6. The van der Waals surface area contributed by atoms with Gasteiger partial charge in [-0.05, 0) is 49.7 Å². The summed E-state index contributed by atoms with van der Waals surface area (Å²) in [5.41, 5.74) is 0.903. The molecule has 0 saturated carbocycles. The molecule has 0 bridgehead atoms. The van der Waals surface area contributed by atoms with Gasteiger partial charge in [0.2, 0.25) is 10.0 Å². The zero-order valence-electron chi connectivity index (χ0n) is 17.6. The van der Waals surface area contributed by atoms with E-state index in [1.54, 1.807) is 36.1 Å². The van der Waals surface area contributed by atoms with Crippen molar-refractivity contribution < 1.29 is 17.6 Å². The summed E-state index contributed by atoms with van der Waals surface area (Å²) >= 11 is 6.11. The van der Waals surface area contributed by atoms with Crippen molar-refractivity contribution in [3.63, 3.8) is 0 Å². The molecule has 2 aromatic rings. The van der Waals surface area contributed by atoms with Gasteiger partial charge in [0.25, 0.3) is 5.91 Å². The van der Waals surface area contributed by atoms with Crippen molar-refractivity contribution in [1.29, 1.82) is 0 Å². The highest BCUT2D eigenvalue weighted by Gasteiger charge is 2.24. The Bertz CT molecular complexity index is 1000. The first-order valence-electron chi connectivity index (χ1n) is 10.3. The number of carbonyl (C=O) groups excluding carboxylic acids is 1. The van der Waals surface area contributed by atoms with E-state index >= 15 is 0 Å². The number of benzene rings is 2. The summed E-state index contributed by atoms with van der Waals surface area (Å²) in [4.78, 5) is 16.7. The molecule has 1 aliphatic heterocycles. The molecular formula is C22H27ClFN3O3S. The summed E-state index contributed by atoms with van der Waals surface area (Å²) in [5.74, 6) is -0.480. The van der Waals surface area contributed by atoms with E-state index in [0.717, 1.165) is 0 Å². The molecule has 1 saturated heterocycles. The van der Waals surface area contributed by atoms with Crippen LogP contribution in [0, 0.1) is 5.82 Å². The van der Waals surface area contributed by atoms with Gasteiger partial charge >= 0.3 is 0 Å². The minimum absolute atomic E-state index is 0.135. The second kappa shape index (κ2) is 10.1. The van der Waals surface area contributed by atoms with Gasteiger partial charge in [-0.2, -0.15) is 0 Å². The number of nitrogens with one attached hydrogen (secondary N) is 1. The molecule has 168 valence electrons. The summed E-state index contributed by atoms with van der Waals surface area (Å²) in [5, 5.41) is 0.399. The smallest absolute Gasteiger partial charge is 0.253 e. The third kappa shape index (κ3) is 5.83. The summed E-state index contributed by atoms with van der Waals surface area (Å²) in [6.07, 6.45) is 0.685. The Hall–Kier alpha value is -2.00. The van der Waals surface area contributed by atoms with Gasteiger partial charge in [-0.3, -0.25) is 9.69 Å². The lowest BCUT2D eigenvalue weighted by Crippen LogP contribution is -2.48. The average Bonchev–Trinajstić information content (AvgIpc) is 2.76. The minimum Gasteiger partial charge on any atom is -0.336 e. The first-order chi connectivity index (χ1) is 14.7. The van der Waals surface area contributed by atoms with Crippen LogP contribution in [-0.2, 0) is 16.6 Å². The van der Waals surface area contributed by atoms with E-state index < -0.39 is 10.0 Å². The van der Waals surface area contributed by atoms with E-state index in [1.807, 2.05) is 6.92 Å². The van der Waals surface area contributed by atoms with Crippen LogP contribution in [0.3, 0.4) is 0 Å². The van der Waals surface area contributed by atoms with E-state index in [2.05, 4.69) is 9.62 Å². The largest absolute Gasteiger partial charge is 0.336 e. The van der Waals surface area contributed by atoms with Gasteiger partial charge in [0, 0.05) is 54.9 Å². The Morgan fingerprint density at radius 3 is 2.35 bits per heavy atom. The molecule has 2 aromatic carbocycles. The lowest BCUT2D eigenvalue weighted by atomic mass is 10.1. The van der Waals surface area contributed by atoms with Crippen LogP contribution in [0.15, 0.2) is 47.4 Å². The van der Waals surface area contributed by atoms with Crippen molar-refractivity contribution in [3.05, 3.63) is 64.4 Å². The number of hydrogen-bond donors (Lipinski definition) is 1. The topological polar surface area (TPSA) is 69.7 Å². The number of carbonyl (C=O) groups is 1. The van der Waals surface area contributed by atoms with Crippen molar-refractivity contribution >= 4 is 27.5 Å². The van der Waals surface area contributed by atoms with E-state index in [9.17, 15) is 17.6 Å². The van der Waals surface area contributed by atoms with E-state index in [-0.39, 0.29) is 22.7 Å². The van der Waals surface area contributed by atoms with Crippen LogP contribution in [0.5, 0.6) is 0 Å². The van der Waals surface area contributed by atoms with Gasteiger partial charge < -0.3 is 4.90 Å². The third-order valence-electron chi connectivity index (χ3n) is 5.48. The van der Waals surface area contributed by atoms with E-state index in [0.29, 0.717) is 55.3 Å². The fourth-order valence-electron chi connectivity index (χ4n) is 3.39. The van der Waals surface area contributed by atoms with Gasteiger partial charge in [-0.25, -0.2) is 17.5 Å². The molecule has 1 heterocycles. The first kappa shape index (κ1) is 23.7. The van der Waals surface area contributed by atoms with E-state index in [4.69, 9.17) is 11.6 Å². The quantitative estimate of drug-likeness (QED) is 0.676. The molecule has 1 fully saturated rings.